The van der Waals surface area contributed by atoms with Crippen LogP contribution in [0.1, 0.15) is 41.6 Å². The lowest BCUT2D eigenvalue weighted by molar-refractivity contribution is 0.147. The summed E-state index contributed by atoms with van der Waals surface area (Å²) in [4.78, 5) is 7.39. The predicted octanol–water partition coefficient (Wildman–Crippen LogP) is 2.86. The summed E-state index contributed by atoms with van der Waals surface area (Å²) in [5.41, 5.74) is 0.763. The normalized spacial score (nSPS) is 17.9. The highest BCUT2D eigenvalue weighted by Gasteiger charge is 2.27. The lowest BCUT2D eigenvalue weighted by atomic mass is 10.1. The van der Waals surface area contributed by atoms with E-state index >= 15 is 0 Å². The lowest BCUT2D eigenvalue weighted by Crippen LogP contribution is -2.40. The highest BCUT2D eigenvalue weighted by atomic mass is 32.2. The molecule has 8 heteroatoms. The summed E-state index contributed by atoms with van der Waals surface area (Å²) in [6.07, 6.45) is 5.13. The topological polar surface area (TPSA) is 75.4 Å². The zero-order valence-electron chi connectivity index (χ0n) is 14.0. The van der Waals surface area contributed by atoms with Crippen LogP contribution in [-0.4, -0.2) is 37.9 Å². The van der Waals surface area contributed by atoms with Crippen LogP contribution in [0.4, 0.5) is 0 Å². The van der Waals surface area contributed by atoms with Gasteiger partial charge in [0.15, 0.2) is 0 Å². The summed E-state index contributed by atoms with van der Waals surface area (Å²) in [6, 6.07) is 3.66. The summed E-state index contributed by atoms with van der Waals surface area (Å²) in [5, 5.41) is 0. The van der Waals surface area contributed by atoms with E-state index in [0.717, 1.165) is 42.3 Å². The van der Waals surface area contributed by atoms with Gasteiger partial charge in [-0.2, -0.15) is 0 Å². The lowest BCUT2D eigenvalue weighted by Gasteiger charge is -2.33. The van der Waals surface area contributed by atoms with Crippen molar-refractivity contribution in [3.8, 4) is 0 Å². The number of thiazole rings is 1. The zero-order chi connectivity index (χ0) is 17.2. The van der Waals surface area contributed by atoms with Gasteiger partial charge in [0.25, 0.3) is 10.0 Å². The number of aromatic nitrogens is 1. The third kappa shape index (κ3) is 3.88. The molecule has 0 saturated carbocycles. The van der Waals surface area contributed by atoms with Gasteiger partial charge in [-0.05, 0) is 51.9 Å². The molecule has 0 radical (unpaired) electrons. The van der Waals surface area contributed by atoms with Crippen LogP contribution in [0, 0.1) is 13.8 Å². The molecule has 2 aromatic rings. The van der Waals surface area contributed by atoms with Gasteiger partial charge in [0, 0.05) is 11.4 Å². The van der Waals surface area contributed by atoms with Crippen molar-refractivity contribution < 1.29 is 12.8 Å². The largest absolute Gasteiger partial charge is 0.468 e. The number of aryl methyl sites for hydroxylation is 2. The maximum atomic E-state index is 12.5. The maximum absolute atomic E-state index is 12.5. The summed E-state index contributed by atoms with van der Waals surface area (Å²) in [5.74, 6) is 0.797. The molecule has 1 aliphatic heterocycles. The van der Waals surface area contributed by atoms with Crippen LogP contribution >= 0.6 is 11.3 Å². The standard InChI is InChI=1S/C16H23N3O3S2/c1-12-13(2)23-16(18-12)24(20,21)17-11-14(15-7-6-10-22-15)19-8-4-3-5-9-19/h6-7,10,14,17H,3-5,8-9,11H2,1-2H3/t14-/m0/s1. The molecule has 1 saturated heterocycles. The number of piperidine rings is 1. The highest BCUT2D eigenvalue weighted by molar-refractivity contribution is 7.91. The molecule has 1 fully saturated rings. The number of sulfonamides is 1. The fourth-order valence-corrected chi connectivity index (χ4v) is 5.32. The van der Waals surface area contributed by atoms with Crippen LogP contribution < -0.4 is 4.72 Å². The molecule has 24 heavy (non-hydrogen) atoms. The number of nitrogens with one attached hydrogen (secondary N) is 1. The van der Waals surface area contributed by atoms with Crippen molar-refractivity contribution in [3.05, 3.63) is 34.7 Å². The first-order valence-corrected chi connectivity index (χ1v) is 10.5. The Hall–Kier alpha value is -1.22. The molecule has 1 aliphatic rings. The van der Waals surface area contributed by atoms with Gasteiger partial charge >= 0.3 is 0 Å². The minimum Gasteiger partial charge on any atom is -0.468 e. The monoisotopic (exact) mass is 369 g/mol. The van der Waals surface area contributed by atoms with Crippen LogP contribution in [0.3, 0.4) is 0 Å². The van der Waals surface area contributed by atoms with Crippen molar-refractivity contribution >= 4 is 21.4 Å². The molecule has 6 nitrogen and oxygen atoms in total. The number of furan rings is 1. The van der Waals surface area contributed by atoms with Gasteiger partial charge < -0.3 is 4.42 Å². The first kappa shape index (κ1) is 17.6. The van der Waals surface area contributed by atoms with Gasteiger partial charge in [-0.1, -0.05) is 6.42 Å². The van der Waals surface area contributed by atoms with Crippen LogP contribution in [0.5, 0.6) is 0 Å². The Morgan fingerprint density at radius 2 is 2.08 bits per heavy atom. The van der Waals surface area contributed by atoms with Crippen molar-refractivity contribution in [1.29, 1.82) is 0 Å². The van der Waals surface area contributed by atoms with E-state index in [9.17, 15) is 8.42 Å². The molecule has 132 valence electrons. The van der Waals surface area contributed by atoms with Gasteiger partial charge in [-0.3, -0.25) is 4.90 Å². The second-order valence-corrected chi connectivity index (χ2v) is 9.24. The van der Waals surface area contributed by atoms with Crippen molar-refractivity contribution in [2.45, 2.75) is 43.5 Å². The summed E-state index contributed by atoms with van der Waals surface area (Å²) < 4.78 is 33.5. The maximum Gasteiger partial charge on any atom is 0.267 e. The van der Waals surface area contributed by atoms with Crippen molar-refractivity contribution in [1.82, 2.24) is 14.6 Å². The Morgan fingerprint density at radius 3 is 2.67 bits per heavy atom. The number of rotatable bonds is 6. The molecule has 0 bridgehead atoms. The van der Waals surface area contributed by atoms with E-state index in [4.69, 9.17) is 4.42 Å². The van der Waals surface area contributed by atoms with Gasteiger partial charge in [0.1, 0.15) is 5.76 Å². The molecule has 1 N–H and O–H groups in total. The Kier molecular flexibility index (Phi) is 5.39. The fourth-order valence-electron chi connectivity index (χ4n) is 2.93. The van der Waals surface area contributed by atoms with Crippen LogP contribution in [0.25, 0.3) is 0 Å². The molecule has 0 aliphatic carbocycles. The second kappa shape index (κ2) is 7.35. The van der Waals surface area contributed by atoms with Crippen LogP contribution in [0.15, 0.2) is 27.2 Å². The molecule has 0 amide bonds. The smallest absolute Gasteiger partial charge is 0.267 e. The van der Waals surface area contributed by atoms with Crippen molar-refractivity contribution in [2.75, 3.05) is 19.6 Å². The summed E-state index contributed by atoms with van der Waals surface area (Å²) >= 11 is 1.21. The molecule has 3 heterocycles. The first-order valence-electron chi connectivity index (χ1n) is 8.18. The van der Waals surface area contributed by atoms with E-state index in [2.05, 4.69) is 14.6 Å². The number of hydrogen-bond acceptors (Lipinski definition) is 6. The Bertz CT molecular complexity index is 743. The molecule has 2 aromatic heterocycles. The van der Waals surface area contributed by atoms with Crippen LogP contribution in [-0.2, 0) is 10.0 Å². The van der Waals surface area contributed by atoms with E-state index in [-0.39, 0.29) is 16.9 Å². The van der Waals surface area contributed by atoms with Gasteiger partial charge in [-0.25, -0.2) is 18.1 Å². The molecule has 0 spiro atoms. The van der Waals surface area contributed by atoms with E-state index in [1.54, 1.807) is 6.26 Å². The summed E-state index contributed by atoms with van der Waals surface area (Å²) in [7, 11) is -3.60. The Balaban J connectivity index is 1.75. The predicted molar refractivity (Wildman–Crippen MR) is 93.6 cm³/mol. The number of likely N-dealkylation sites (tertiary alicyclic amines) is 1. The molecule has 0 unspecified atom stereocenters. The highest BCUT2D eigenvalue weighted by Crippen LogP contribution is 2.26. The first-order chi connectivity index (χ1) is 11.5. The third-order valence-corrected chi connectivity index (χ3v) is 7.28. The van der Waals surface area contributed by atoms with Gasteiger partial charge in [0.2, 0.25) is 4.34 Å². The van der Waals surface area contributed by atoms with E-state index < -0.39 is 10.0 Å². The molecule has 3 rings (SSSR count). The average Bonchev–Trinajstić information content (AvgIpc) is 3.20. The molecular weight excluding hydrogens is 346 g/mol. The quantitative estimate of drug-likeness (QED) is 0.847. The third-order valence-electron chi connectivity index (χ3n) is 4.41. The molecule has 0 aromatic carbocycles. The van der Waals surface area contributed by atoms with Crippen LogP contribution in [0.2, 0.25) is 0 Å². The van der Waals surface area contributed by atoms with Gasteiger partial charge in [0.05, 0.1) is 18.0 Å². The minimum absolute atomic E-state index is 0.0859. The second-order valence-electron chi connectivity index (χ2n) is 6.10. The Morgan fingerprint density at radius 1 is 1.33 bits per heavy atom. The van der Waals surface area contributed by atoms with Crippen molar-refractivity contribution in [2.24, 2.45) is 0 Å². The minimum atomic E-state index is -3.60. The summed E-state index contributed by atoms with van der Waals surface area (Å²) in [6.45, 7) is 5.91. The van der Waals surface area contributed by atoms with E-state index in [1.165, 1.54) is 17.8 Å². The van der Waals surface area contributed by atoms with E-state index in [1.807, 2.05) is 26.0 Å². The molecule has 1 atom stereocenters. The van der Waals surface area contributed by atoms with Gasteiger partial charge in [-0.15, -0.1) is 11.3 Å². The SMILES string of the molecule is Cc1nc(S(=O)(=O)NC[C@@H](c2ccco2)N2CCCCC2)sc1C. The Labute approximate surface area is 146 Å². The molecular formula is C16H23N3O3S2. The fraction of sp³-hybridized carbons (Fsp3) is 0.562. The number of hydrogen-bond donors (Lipinski definition) is 1. The van der Waals surface area contributed by atoms with E-state index in [0.29, 0.717) is 0 Å². The van der Waals surface area contributed by atoms with Crippen molar-refractivity contribution in [3.63, 3.8) is 0 Å². The average molecular weight is 370 g/mol. The zero-order valence-corrected chi connectivity index (χ0v) is 15.6. The number of nitrogens with zero attached hydrogens (tertiary/aromatic N) is 2.